The zero-order valence-corrected chi connectivity index (χ0v) is 24.9. The van der Waals surface area contributed by atoms with Crippen molar-refractivity contribution < 1.29 is 0 Å². The first-order valence-electron chi connectivity index (χ1n) is 15.5. The molecule has 0 radical (unpaired) electrons. The topological polar surface area (TPSA) is 33.6 Å². The molecule has 0 amide bonds. The van der Waals surface area contributed by atoms with Gasteiger partial charge in [-0.3, -0.25) is 0 Å². The average molecular weight is 586 g/mol. The van der Waals surface area contributed by atoms with E-state index in [1.54, 1.807) is 0 Å². The monoisotopic (exact) mass is 585 g/mol. The molecular formula is C43H27N3. The van der Waals surface area contributed by atoms with E-state index in [9.17, 15) is 5.26 Å². The Morgan fingerprint density at radius 1 is 0.391 bits per heavy atom. The predicted molar refractivity (Wildman–Crippen MR) is 191 cm³/mol. The maximum atomic E-state index is 9.59. The highest BCUT2D eigenvalue weighted by atomic mass is 15.0. The van der Waals surface area contributed by atoms with Gasteiger partial charge in [-0.15, -0.1) is 0 Å². The Labute approximate surface area is 266 Å². The Kier molecular flexibility index (Phi) is 5.88. The largest absolute Gasteiger partial charge is 0.309 e. The molecule has 0 spiro atoms. The molecule has 0 bridgehead atoms. The van der Waals surface area contributed by atoms with Gasteiger partial charge in [-0.1, -0.05) is 109 Å². The van der Waals surface area contributed by atoms with E-state index in [1.165, 1.54) is 49.3 Å². The Hall–Kier alpha value is -6.37. The molecule has 0 N–H and O–H groups in total. The van der Waals surface area contributed by atoms with Crippen molar-refractivity contribution in [2.24, 2.45) is 0 Å². The fourth-order valence-electron chi connectivity index (χ4n) is 7.18. The Morgan fingerprint density at radius 3 is 1.63 bits per heavy atom. The number of nitriles is 1. The third-order valence-electron chi connectivity index (χ3n) is 9.16. The second-order valence-electron chi connectivity index (χ2n) is 11.7. The van der Waals surface area contributed by atoms with Crippen molar-refractivity contribution in [3.8, 4) is 39.7 Å². The fourth-order valence-corrected chi connectivity index (χ4v) is 7.18. The molecule has 214 valence electrons. The molecule has 9 rings (SSSR count). The third kappa shape index (κ3) is 3.91. The van der Waals surface area contributed by atoms with Crippen LogP contribution in [0.25, 0.3) is 77.2 Å². The van der Waals surface area contributed by atoms with E-state index in [0.717, 1.165) is 28.0 Å². The molecule has 0 saturated carbocycles. The molecule has 3 heteroatoms. The average Bonchev–Trinajstić information content (AvgIpc) is 3.64. The maximum absolute atomic E-state index is 9.59. The first kappa shape index (κ1) is 26.1. The summed E-state index contributed by atoms with van der Waals surface area (Å²) in [6, 6.07) is 60.2. The maximum Gasteiger partial charge on any atom is 0.0992 e. The van der Waals surface area contributed by atoms with Crippen LogP contribution in [0.4, 0.5) is 0 Å². The molecule has 0 unspecified atom stereocenters. The Bertz CT molecular complexity index is 2610. The summed E-state index contributed by atoms with van der Waals surface area (Å²) in [5.41, 5.74) is 12.1. The molecule has 2 heterocycles. The van der Waals surface area contributed by atoms with Crippen molar-refractivity contribution in [2.75, 3.05) is 0 Å². The molecule has 0 fully saturated rings. The fraction of sp³-hybridized carbons (Fsp3) is 0. The first-order valence-corrected chi connectivity index (χ1v) is 15.5. The molecule has 0 atom stereocenters. The number of hydrogen-bond acceptors (Lipinski definition) is 1. The lowest BCUT2D eigenvalue weighted by Crippen LogP contribution is -1.98. The highest BCUT2D eigenvalue weighted by Gasteiger charge is 2.18. The van der Waals surface area contributed by atoms with Crippen LogP contribution in [0.15, 0.2) is 164 Å². The van der Waals surface area contributed by atoms with Gasteiger partial charge in [0.05, 0.1) is 39.4 Å². The van der Waals surface area contributed by atoms with Gasteiger partial charge in [0.2, 0.25) is 0 Å². The molecule has 0 aliphatic carbocycles. The zero-order valence-electron chi connectivity index (χ0n) is 24.9. The van der Waals surface area contributed by atoms with Crippen LogP contribution in [0, 0.1) is 11.3 Å². The molecule has 3 nitrogen and oxygen atoms in total. The molecular weight excluding hydrogens is 558 g/mol. The lowest BCUT2D eigenvalue weighted by molar-refractivity contribution is 1.18. The standard InChI is InChI=1S/C43H27N3/c44-28-29-12-11-13-31(26-29)45-39-20-7-6-19-37(39)38-27-30(24-25-43(38)45)32-14-1-2-15-33(32)34-16-3-8-21-40(34)46-41-22-9-4-17-35(41)36-18-5-10-23-42(36)46/h1-27H. The second kappa shape index (κ2) is 10.4. The summed E-state index contributed by atoms with van der Waals surface area (Å²) < 4.78 is 4.67. The van der Waals surface area contributed by atoms with Gasteiger partial charge in [0.15, 0.2) is 0 Å². The van der Waals surface area contributed by atoms with Gasteiger partial charge < -0.3 is 9.13 Å². The predicted octanol–water partition coefficient (Wildman–Crippen LogP) is 11.1. The van der Waals surface area contributed by atoms with Crippen molar-refractivity contribution in [3.63, 3.8) is 0 Å². The molecule has 7 aromatic carbocycles. The van der Waals surface area contributed by atoms with E-state index in [0.29, 0.717) is 5.56 Å². The smallest absolute Gasteiger partial charge is 0.0992 e. The van der Waals surface area contributed by atoms with E-state index in [2.05, 4.69) is 161 Å². The van der Waals surface area contributed by atoms with Crippen LogP contribution >= 0.6 is 0 Å². The number of aromatic nitrogens is 2. The van der Waals surface area contributed by atoms with E-state index in [4.69, 9.17) is 0 Å². The van der Waals surface area contributed by atoms with E-state index in [1.807, 2.05) is 18.2 Å². The van der Waals surface area contributed by atoms with Gasteiger partial charge in [0, 0.05) is 32.8 Å². The summed E-state index contributed by atoms with van der Waals surface area (Å²) in [5, 5.41) is 14.5. The first-order chi connectivity index (χ1) is 22.8. The van der Waals surface area contributed by atoms with E-state index >= 15 is 0 Å². The summed E-state index contributed by atoms with van der Waals surface area (Å²) in [6.07, 6.45) is 0. The second-order valence-corrected chi connectivity index (χ2v) is 11.7. The number of hydrogen-bond donors (Lipinski definition) is 0. The number of nitrogens with zero attached hydrogens (tertiary/aromatic N) is 3. The molecule has 2 aromatic heterocycles. The number of rotatable bonds is 4. The Balaban J connectivity index is 1.27. The van der Waals surface area contributed by atoms with Crippen LogP contribution in [-0.4, -0.2) is 9.13 Å². The molecule has 0 aliphatic rings. The van der Waals surface area contributed by atoms with Crippen LogP contribution < -0.4 is 0 Å². The minimum Gasteiger partial charge on any atom is -0.309 e. The normalized spacial score (nSPS) is 11.5. The SMILES string of the molecule is N#Cc1cccc(-n2c3ccccc3c3cc(-c4ccccc4-c4ccccc4-n4c5ccccc5c5ccccc54)ccc32)c1. The zero-order chi connectivity index (χ0) is 30.6. The summed E-state index contributed by atoms with van der Waals surface area (Å²) in [4.78, 5) is 0. The molecule has 0 aliphatic heterocycles. The number of fused-ring (bicyclic) bond motifs is 6. The van der Waals surface area contributed by atoms with Gasteiger partial charge in [-0.05, 0) is 71.3 Å². The summed E-state index contributed by atoms with van der Waals surface area (Å²) in [6.45, 7) is 0. The van der Waals surface area contributed by atoms with Crippen LogP contribution in [0.2, 0.25) is 0 Å². The van der Waals surface area contributed by atoms with E-state index in [-0.39, 0.29) is 0 Å². The molecule has 9 aromatic rings. The Morgan fingerprint density at radius 2 is 0.935 bits per heavy atom. The number of benzene rings is 7. The summed E-state index contributed by atoms with van der Waals surface area (Å²) in [7, 11) is 0. The molecule has 0 saturated heterocycles. The van der Waals surface area contributed by atoms with Crippen LogP contribution in [0.3, 0.4) is 0 Å². The van der Waals surface area contributed by atoms with Crippen molar-refractivity contribution in [1.82, 2.24) is 9.13 Å². The van der Waals surface area contributed by atoms with Gasteiger partial charge in [-0.2, -0.15) is 5.26 Å². The highest BCUT2D eigenvalue weighted by molar-refractivity contribution is 6.12. The third-order valence-corrected chi connectivity index (χ3v) is 9.16. The minimum absolute atomic E-state index is 0.649. The van der Waals surface area contributed by atoms with Gasteiger partial charge in [0.1, 0.15) is 0 Å². The minimum atomic E-state index is 0.649. The van der Waals surface area contributed by atoms with Crippen LogP contribution in [0.1, 0.15) is 5.56 Å². The highest BCUT2D eigenvalue weighted by Crippen LogP contribution is 2.41. The van der Waals surface area contributed by atoms with Gasteiger partial charge >= 0.3 is 0 Å². The van der Waals surface area contributed by atoms with E-state index < -0.39 is 0 Å². The van der Waals surface area contributed by atoms with Crippen LogP contribution in [0.5, 0.6) is 0 Å². The van der Waals surface area contributed by atoms with Crippen molar-refractivity contribution in [2.45, 2.75) is 0 Å². The van der Waals surface area contributed by atoms with Gasteiger partial charge in [-0.25, -0.2) is 0 Å². The lowest BCUT2D eigenvalue weighted by Gasteiger charge is -2.17. The molecule has 46 heavy (non-hydrogen) atoms. The van der Waals surface area contributed by atoms with Gasteiger partial charge in [0.25, 0.3) is 0 Å². The lowest BCUT2D eigenvalue weighted by atomic mass is 9.92. The quantitative estimate of drug-likeness (QED) is 0.202. The summed E-state index contributed by atoms with van der Waals surface area (Å²) >= 11 is 0. The number of para-hydroxylation sites is 4. The van der Waals surface area contributed by atoms with Crippen LogP contribution in [-0.2, 0) is 0 Å². The van der Waals surface area contributed by atoms with Crippen molar-refractivity contribution in [1.29, 1.82) is 5.26 Å². The van der Waals surface area contributed by atoms with Crippen molar-refractivity contribution in [3.05, 3.63) is 169 Å². The summed E-state index contributed by atoms with van der Waals surface area (Å²) in [5.74, 6) is 0. The van der Waals surface area contributed by atoms with Crippen molar-refractivity contribution >= 4 is 43.6 Å².